The first-order chi connectivity index (χ1) is 12.6. The standard InChI is InChI=1S/C21H28N2O3/c24-20(18-16-6-7-17(14-16)19(18)21(25)26)23-12-10-22(11-13-23)9-8-15-4-2-1-3-5-15/h1-5,16-19H,6-14H2,(H,25,26)/t16-,17-,18-,19-/m0/s1. The van der Waals surface area contributed by atoms with Crippen molar-refractivity contribution in [3.63, 3.8) is 0 Å². The van der Waals surface area contributed by atoms with Crippen molar-refractivity contribution in [3.8, 4) is 0 Å². The first-order valence-electron chi connectivity index (χ1n) is 9.91. The second-order valence-corrected chi connectivity index (χ2v) is 8.13. The molecule has 0 aromatic heterocycles. The van der Waals surface area contributed by atoms with E-state index < -0.39 is 11.9 Å². The maximum Gasteiger partial charge on any atom is 0.307 e. The Hall–Kier alpha value is -1.88. The van der Waals surface area contributed by atoms with E-state index in [9.17, 15) is 14.7 Å². The molecule has 2 aliphatic carbocycles. The van der Waals surface area contributed by atoms with Gasteiger partial charge in [0.1, 0.15) is 0 Å². The first-order valence-corrected chi connectivity index (χ1v) is 9.91. The van der Waals surface area contributed by atoms with Crippen LogP contribution in [0.1, 0.15) is 24.8 Å². The summed E-state index contributed by atoms with van der Waals surface area (Å²) in [6, 6.07) is 10.5. The van der Waals surface area contributed by atoms with Gasteiger partial charge in [-0.1, -0.05) is 30.3 Å². The van der Waals surface area contributed by atoms with Crippen molar-refractivity contribution in [2.75, 3.05) is 32.7 Å². The molecule has 5 nitrogen and oxygen atoms in total. The maximum atomic E-state index is 13.0. The van der Waals surface area contributed by atoms with Crippen molar-refractivity contribution in [2.24, 2.45) is 23.7 Å². The second-order valence-electron chi connectivity index (χ2n) is 8.13. The van der Waals surface area contributed by atoms with Gasteiger partial charge < -0.3 is 10.0 Å². The van der Waals surface area contributed by atoms with E-state index in [1.54, 1.807) is 0 Å². The molecule has 4 atom stereocenters. The zero-order chi connectivity index (χ0) is 18.1. The first kappa shape index (κ1) is 17.5. The van der Waals surface area contributed by atoms with Crippen LogP contribution in [-0.4, -0.2) is 59.5 Å². The lowest BCUT2D eigenvalue weighted by Crippen LogP contribution is -2.52. The molecule has 1 aromatic rings. The summed E-state index contributed by atoms with van der Waals surface area (Å²) in [4.78, 5) is 29.1. The number of nitrogens with zero attached hydrogens (tertiary/aromatic N) is 2. The summed E-state index contributed by atoms with van der Waals surface area (Å²) in [5.41, 5.74) is 1.34. The summed E-state index contributed by atoms with van der Waals surface area (Å²) in [6.45, 7) is 4.24. The van der Waals surface area contributed by atoms with Crippen molar-refractivity contribution >= 4 is 11.9 Å². The fourth-order valence-corrected chi connectivity index (χ4v) is 5.34. The lowest BCUT2D eigenvalue weighted by atomic mass is 9.78. The highest BCUT2D eigenvalue weighted by Gasteiger charge is 2.54. The van der Waals surface area contributed by atoms with Gasteiger partial charge in [0, 0.05) is 32.7 Å². The maximum absolute atomic E-state index is 13.0. The van der Waals surface area contributed by atoms with Crippen molar-refractivity contribution in [2.45, 2.75) is 25.7 Å². The van der Waals surface area contributed by atoms with Crippen LogP contribution < -0.4 is 0 Å². The molecular weight excluding hydrogens is 328 g/mol. The molecular formula is C21H28N2O3. The SMILES string of the molecule is O=C(O)[C@H]1[C@H]2CC[C@@H](C2)[C@@H]1C(=O)N1CCN(CCc2ccccc2)CC1. The zero-order valence-electron chi connectivity index (χ0n) is 15.2. The third kappa shape index (κ3) is 3.37. The molecule has 1 heterocycles. The molecule has 2 bridgehead atoms. The predicted molar refractivity (Wildman–Crippen MR) is 98.6 cm³/mol. The van der Waals surface area contributed by atoms with E-state index in [0.29, 0.717) is 5.92 Å². The van der Waals surface area contributed by atoms with Gasteiger partial charge in [-0.15, -0.1) is 0 Å². The van der Waals surface area contributed by atoms with E-state index in [2.05, 4.69) is 29.2 Å². The van der Waals surface area contributed by atoms with Gasteiger partial charge >= 0.3 is 5.97 Å². The van der Waals surface area contributed by atoms with Gasteiger partial charge in [0.05, 0.1) is 11.8 Å². The van der Waals surface area contributed by atoms with Gasteiger partial charge in [0.15, 0.2) is 0 Å². The predicted octanol–water partition coefficient (Wildman–Crippen LogP) is 2.12. The summed E-state index contributed by atoms with van der Waals surface area (Å²) < 4.78 is 0. The number of piperazine rings is 1. The van der Waals surface area contributed by atoms with E-state index in [1.165, 1.54) is 5.56 Å². The van der Waals surface area contributed by atoms with Crippen LogP contribution in [0.2, 0.25) is 0 Å². The number of aliphatic carboxylic acids is 1. The summed E-state index contributed by atoms with van der Waals surface area (Å²) in [7, 11) is 0. The molecule has 1 saturated heterocycles. The van der Waals surface area contributed by atoms with Crippen LogP contribution in [0.25, 0.3) is 0 Å². The molecule has 3 aliphatic rings. The fraction of sp³-hybridized carbons (Fsp3) is 0.619. The lowest BCUT2D eigenvalue weighted by Gasteiger charge is -2.38. The van der Waals surface area contributed by atoms with Crippen molar-refractivity contribution < 1.29 is 14.7 Å². The monoisotopic (exact) mass is 356 g/mol. The van der Waals surface area contributed by atoms with Crippen LogP contribution in [0.4, 0.5) is 0 Å². The van der Waals surface area contributed by atoms with E-state index >= 15 is 0 Å². The molecule has 0 unspecified atom stereocenters. The third-order valence-corrected chi connectivity index (χ3v) is 6.73. The Balaban J connectivity index is 1.30. The Morgan fingerprint density at radius 2 is 1.62 bits per heavy atom. The third-order valence-electron chi connectivity index (χ3n) is 6.73. The average Bonchev–Trinajstić information content (AvgIpc) is 3.28. The topological polar surface area (TPSA) is 60.9 Å². The van der Waals surface area contributed by atoms with Crippen molar-refractivity contribution in [3.05, 3.63) is 35.9 Å². The lowest BCUT2D eigenvalue weighted by molar-refractivity contribution is -0.153. The number of benzene rings is 1. The fourth-order valence-electron chi connectivity index (χ4n) is 5.34. The highest BCUT2D eigenvalue weighted by Crippen LogP contribution is 2.53. The van der Waals surface area contributed by atoms with Crippen LogP contribution in [0, 0.1) is 23.7 Å². The molecule has 26 heavy (non-hydrogen) atoms. The van der Waals surface area contributed by atoms with Crippen LogP contribution >= 0.6 is 0 Å². The van der Waals surface area contributed by atoms with Gasteiger partial charge in [-0.25, -0.2) is 0 Å². The molecule has 3 fully saturated rings. The number of rotatable bonds is 5. The Bertz CT molecular complexity index is 654. The van der Waals surface area contributed by atoms with Crippen LogP contribution in [0.3, 0.4) is 0 Å². The van der Waals surface area contributed by atoms with Gasteiger partial charge in [0.25, 0.3) is 0 Å². The van der Waals surface area contributed by atoms with Gasteiger partial charge in [-0.05, 0) is 43.1 Å². The summed E-state index contributed by atoms with van der Waals surface area (Å²) >= 11 is 0. The van der Waals surface area contributed by atoms with Crippen LogP contribution in [0.5, 0.6) is 0 Å². The normalized spacial score (nSPS) is 31.3. The summed E-state index contributed by atoms with van der Waals surface area (Å²) in [6.07, 6.45) is 3.98. The number of carboxylic acids is 1. The minimum absolute atomic E-state index is 0.104. The van der Waals surface area contributed by atoms with E-state index in [1.807, 2.05) is 11.0 Å². The zero-order valence-corrected chi connectivity index (χ0v) is 15.2. The molecule has 1 amide bonds. The van der Waals surface area contributed by atoms with E-state index in [0.717, 1.165) is 58.4 Å². The second kappa shape index (κ2) is 7.39. The molecule has 1 aliphatic heterocycles. The Morgan fingerprint density at radius 1 is 0.962 bits per heavy atom. The number of hydrogen-bond donors (Lipinski definition) is 1. The number of fused-ring (bicyclic) bond motifs is 2. The summed E-state index contributed by atoms with van der Waals surface area (Å²) in [5, 5.41) is 9.59. The van der Waals surface area contributed by atoms with Gasteiger partial charge in [0.2, 0.25) is 5.91 Å². The van der Waals surface area contributed by atoms with Crippen molar-refractivity contribution in [1.82, 2.24) is 9.80 Å². The number of hydrogen-bond acceptors (Lipinski definition) is 3. The smallest absolute Gasteiger partial charge is 0.307 e. The number of carbonyl (C=O) groups is 2. The summed E-state index contributed by atoms with van der Waals surface area (Å²) in [5.74, 6) is -0.868. The largest absolute Gasteiger partial charge is 0.481 e. The molecule has 5 heteroatoms. The highest BCUT2D eigenvalue weighted by atomic mass is 16.4. The molecule has 0 radical (unpaired) electrons. The molecule has 0 spiro atoms. The van der Waals surface area contributed by atoms with E-state index in [-0.39, 0.29) is 17.7 Å². The van der Waals surface area contributed by atoms with E-state index in [4.69, 9.17) is 0 Å². The van der Waals surface area contributed by atoms with Crippen LogP contribution in [-0.2, 0) is 16.0 Å². The average molecular weight is 356 g/mol. The Kier molecular flexibility index (Phi) is 4.98. The van der Waals surface area contributed by atoms with Gasteiger partial charge in [-0.2, -0.15) is 0 Å². The minimum Gasteiger partial charge on any atom is -0.481 e. The van der Waals surface area contributed by atoms with Crippen molar-refractivity contribution in [1.29, 1.82) is 0 Å². The number of carbonyl (C=O) groups excluding carboxylic acids is 1. The van der Waals surface area contributed by atoms with Gasteiger partial charge in [-0.3, -0.25) is 14.5 Å². The highest BCUT2D eigenvalue weighted by molar-refractivity contribution is 5.86. The molecule has 140 valence electrons. The Morgan fingerprint density at radius 3 is 2.27 bits per heavy atom. The van der Waals surface area contributed by atoms with Crippen LogP contribution in [0.15, 0.2) is 30.3 Å². The Labute approximate surface area is 155 Å². The quantitative estimate of drug-likeness (QED) is 0.878. The minimum atomic E-state index is -0.767. The number of carboxylic acid groups (broad SMARTS) is 1. The molecule has 1 aromatic carbocycles. The number of amides is 1. The molecule has 2 saturated carbocycles. The molecule has 1 N–H and O–H groups in total. The molecule has 4 rings (SSSR count).